The van der Waals surface area contributed by atoms with Crippen molar-refractivity contribution >= 4 is 5.91 Å². The van der Waals surface area contributed by atoms with Crippen LogP contribution in [0.15, 0.2) is 42.7 Å². The number of carbonyl (C=O) groups excluding carboxylic acids is 1. The lowest BCUT2D eigenvalue weighted by Gasteiger charge is -2.25. The summed E-state index contributed by atoms with van der Waals surface area (Å²) < 4.78 is 0. The van der Waals surface area contributed by atoms with Crippen LogP contribution in [0.25, 0.3) is 0 Å². The summed E-state index contributed by atoms with van der Waals surface area (Å²) in [4.78, 5) is 15.1. The Morgan fingerprint density at radius 2 is 2.11 bits per heavy atom. The van der Waals surface area contributed by atoms with Crippen LogP contribution in [0.1, 0.15) is 16.7 Å². The van der Waals surface area contributed by atoms with Gasteiger partial charge < -0.3 is 15.6 Å². The van der Waals surface area contributed by atoms with Gasteiger partial charge in [0.2, 0.25) is 5.91 Å². The first kappa shape index (κ1) is 12.0. The fourth-order valence-electron chi connectivity index (χ4n) is 2.42. The van der Waals surface area contributed by atoms with Crippen LogP contribution in [0.5, 0.6) is 0 Å². The van der Waals surface area contributed by atoms with Crippen LogP contribution in [-0.4, -0.2) is 16.9 Å². The van der Waals surface area contributed by atoms with Crippen LogP contribution < -0.4 is 10.6 Å². The van der Waals surface area contributed by atoms with E-state index in [1.54, 1.807) is 0 Å². The maximum Gasteiger partial charge on any atom is 0.237 e. The van der Waals surface area contributed by atoms with Crippen molar-refractivity contribution in [3.8, 4) is 0 Å². The highest BCUT2D eigenvalue weighted by atomic mass is 16.2. The van der Waals surface area contributed by atoms with Gasteiger partial charge in [-0.15, -0.1) is 0 Å². The SMILES string of the molecule is O=C(NCc1cc[nH]c1)[C@H]1Cc2ccccc2CN1. The third-order valence-electron chi connectivity index (χ3n) is 3.53. The number of rotatable bonds is 3. The van der Waals surface area contributed by atoms with Gasteiger partial charge in [0.25, 0.3) is 0 Å². The summed E-state index contributed by atoms with van der Waals surface area (Å²) in [5.41, 5.74) is 3.64. The van der Waals surface area contributed by atoms with Crippen molar-refractivity contribution in [2.75, 3.05) is 0 Å². The van der Waals surface area contributed by atoms with Crippen molar-refractivity contribution in [3.05, 3.63) is 59.4 Å². The zero-order valence-electron chi connectivity index (χ0n) is 10.6. The molecule has 0 saturated carbocycles. The fourth-order valence-corrected chi connectivity index (χ4v) is 2.42. The molecule has 0 fully saturated rings. The minimum absolute atomic E-state index is 0.0655. The molecule has 98 valence electrons. The van der Waals surface area contributed by atoms with Gasteiger partial charge in [-0.1, -0.05) is 24.3 Å². The van der Waals surface area contributed by atoms with Crippen LogP contribution in [0.2, 0.25) is 0 Å². The first-order chi connectivity index (χ1) is 9.33. The molecule has 0 saturated heterocycles. The molecule has 0 aliphatic carbocycles. The molecule has 0 unspecified atom stereocenters. The van der Waals surface area contributed by atoms with Crippen LogP contribution in [0.4, 0.5) is 0 Å². The lowest BCUT2D eigenvalue weighted by molar-refractivity contribution is -0.123. The summed E-state index contributed by atoms with van der Waals surface area (Å²) in [6, 6.07) is 10.1. The molecule has 0 spiro atoms. The molecule has 1 aliphatic rings. The number of H-pyrrole nitrogens is 1. The summed E-state index contributed by atoms with van der Waals surface area (Å²) in [6.45, 7) is 1.33. The number of hydrogen-bond donors (Lipinski definition) is 3. The molecule has 3 rings (SSSR count). The van der Waals surface area contributed by atoms with Gasteiger partial charge in [0.1, 0.15) is 0 Å². The lowest BCUT2D eigenvalue weighted by atomic mass is 9.95. The van der Waals surface area contributed by atoms with E-state index in [0.29, 0.717) is 6.54 Å². The van der Waals surface area contributed by atoms with Crippen LogP contribution in [0.3, 0.4) is 0 Å². The first-order valence-corrected chi connectivity index (χ1v) is 6.52. The first-order valence-electron chi connectivity index (χ1n) is 6.52. The minimum Gasteiger partial charge on any atom is -0.367 e. The van der Waals surface area contributed by atoms with E-state index in [1.165, 1.54) is 11.1 Å². The summed E-state index contributed by atoms with van der Waals surface area (Å²) in [7, 11) is 0. The predicted octanol–water partition coefficient (Wildman–Crippen LogP) is 1.35. The van der Waals surface area contributed by atoms with E-state index in [2.05, 4.69) is 27.8 Å². The van der Waals surface area contributed by atoms with E-state index in [0.717, 1.165) is 18.5 Å². The van der Waals surface area contributed by atoms with E-state index in [9.17, 15) is 4.79 Å². The Hall–Kier alpha value is -2.07. The molecule has 1 aromatic carbocycles. The van der Waals surface area contributed by atoms with Crippen molar-refractivity contribution in [2.45, 2.75) is 25.6 Å². The zero-order valence-corrected chi connectivity index (χ0v) is 10.6. The molecule has 0 radical (unpaired) electrons. The second kappa shape index (κ2) is 5.28. The van der Waals surface area contributed by atoms with E-state index in [1.807, 2.05) is 30.6 Å². The highest BCUT2D eigenvalue weighted by Gasteiger charge is 2.23. The third-order valence-corrected chi connectivity index (χ3v) is 3.53. The third kappa shape index (κ3) is 2.69. The lowest BCUT2D eigenvalue weighted by Crippen LogP contribution is -2.47. The number of benzene rings is 1. The van der Waals surface area contributed by atoms with Crippen molar-refractivity contribution < 1.29 is 4.79 Å². The number of nitrogens with one attached hydrogen (secondary N) is 3. The highest BCUT2D eigenvalue weighted by molar-refractivity contribution is 5.82. The molecule has 2 heterocycles. The number of amides is 1. The van der Waals surface area contributed by atoms with Gasteiger partial charge in [0.05, 0.1) is 6.04 Å². The van der Waals surface area contributed by atoms with Crippen molar-refractivity contribution in [1.82, 2.24) is 15.6 Å². The Labute approximate surface area is 112 Å². The normalized spacial score (nSPS) is 17.8. The Morgan fingerprint density at radius 3 is 2.89 bits per heavy atom. The summed E-state index contributed by atoms with van der Waals surface area (Å²) in [5, 5.41) is 6.25. The zero-order chi connectivity index (χ0) is 13.1. The van der Waals surface area contributed by atoms with Crippen LogP contribution in [0, 0.1) is 0 Å². The molecular weight excluding hydrogens is 238 g/mol. The van der Waals surface area contributed by atoms with Crippen molar-refractivity contribution in [3.63, 3.8) is 0 Å². The average Bonchev–Trinajstić information content (AvgIpc) is 2.97. The standard InChI is InChI=1S/C15H17N3O/c19-15(18-9-11-5-6-16-8-11)14-7-12-3-1-2-4-13(12)10-17-14/h1-6,8,14,16-17H,7,9-10H2,(H,18,19)/t14-/m1/s1. The molecule has 1 aromatic heterocycles. The maximum absolute atomic E-state index is 12.1. The number of aromatic amines is 1. The monoisotopic (exact) mass is 255 g/mol. The van der Waals surface area contributed by atoms with E-state index in [4.69, 9.17) is 0 Å². The molecule has 4 heteroatoms. The highest BCUT2D eigenvalue weighted by Crippen LogP contribution is 2.16. The van der Waals surface area contributed by atoms with Gasteiger partial charge >= 0.3 is 0 Å². The number of carbonyl (C=O) groups is 1. The number of aromatic nitrogens is 1. The molecular formula is C15H17N3O. The fraction of sp³-hybridized carbons (Fsp3) is 0.267. The largest absolute Gasteiger partial charge is 0.367 e. The topological polar surface area (TPSA) is 56.9 Å². The average molecular weight is 255 g/mol. The van der Waals surface area contributed by atoms with Crippen molar-refractivity contribution in [2.24, 2.45) is 0 Å². The minimum atomic E-state index is -0.131. The number of fused-ring (bicyclic) bond motifs is 1. The maximum atomic E-state index is 12.1. The van der Waals surface area contributed by atoms with Gasteiger partial charge in [-0.25, -0.2) is 0 Å². The van der Waals surface area contributed by atoms with Gasteiger partial charge in [-0.05, 0) is 29.2 Å². The van der Waals surface area contributed by atoms with E-state index in [-0.39, 0.29) is 11.9 Å². The molecule has 4 nitrogen and oxygen atoms in total. The van der Waals surface area contributed by atoms with Crippen LogP contribution >= 0.6 is 0 Å². The summed E-state index contributed by atoms with van der Waals surface area (Å²) in [5.74, 6) is 0.0655. The molecule has 1 amide bonds. The molecule has 2 aromatic rings. The van der Waals surface area contributed by atoms with Gasteiger partial charge in [-0.3, -0.25) is 4.79 Å². The second-order valence-electron chi connectivity index (χ2n) is 4.84. The van der Waals surface area contributed by atoms with Crippen molar-refractivity contribution in [1.29, 1.82) is 0 Å². The molecule has 1 aliphatic heterocycles. The van der Waals surface area contributed by atoms with Gasteiger partial charge in [0.15, 0.2) is 0 Å². The molecule has 3 N–H and O–H groups in total. The Kier molecular flexibility index (Phi) is 3.33. The number of hydrogen-bond acceptors (Lipinski definition) is 2. The molecule has 19 heavy (non-hydrogen) atoms. The molecule has 0 bridgehead atoms. The predicted molar refractivity (Wildman–Crippen MR) is 73.4 cm³/mol. The summed E-state index contributed by atoms with van der Waals surface area (Å²) in [6.07, 6.45) is 4.51. The van der Waals surface area contributed by atoms with E-state index < -0.39 is 0 Å². The van der Waals surface area contributed by atoms with Gasteiger partial charge in [-0.2, -0.15) is 0 Å². The Morgan fingerprint density at radius 1 is 1.26 bits per heavy atom. The Balaban J connectivity index is 1.60. The Bertz CT molecular complexity index is 563. The van der Waals surface area contributed by atoms with Gasteiger partial charge in [0, 0.05) is 25.5 Å². The van der Waals surface area contributed by atoms with Crippen LogP contribution in [-0.2, 0) is 24.3 Å². The quantitative estimate of drug-likeness (QED) is 0.775. The smallest absolute Gasteiger partial charge is 0.237 e. The van der Waals surface area contributed by atoms with E-state index >= 15 is 0 Å². The second-order valence-corrected chi connectivity index (χ2v) is 4.84. The molecule has 1 atom stereocenters. The summed E-state index contributed by atoms with van der Waals surface area (Å²) >= 11 is 0.